The monoisotopic (exact) mass is 213 g/mol. The van der Waals surface area contributed by atoms with Crippen LogP contribution in [0.2, 0.25) is 10.0 Å². The zero-order valence-electron chi connectivity index (χ0n) is 6.47. The van der Waals surface area contributed by atoms with E-state index in [-0.39, 0.29) is 0 Å². The number of carbonyl (C=O) groups is 1. The number of rotatable bonds is 1. The second-order valence-corrected chi connectivity index (χ2v) is 3.46. The molecule has 0 spiro atoms. The summed E-state index contributed by atoms with van der Waals surface area (Å²) in [6.45, 7) is 0. The summed E-state index contributed by atoms with van der Waals surface area (Å²) >= 11 is 11.8. The molecule has 1 heterocycles. The normalized spacial score (nSPS) is 10.6. The first-order chi connectivity index (χ1) is 6.24. The second kappa shape index (κ2) is 3.05. The van der Waals surface area contributed by atoms with Crippen LogP contribution in [0.5, 0.6) is 0 Å². The summed E-state index contributed by atoms with van der Waals surface area (Å²) in [6, 6.07) is 3.37. The molecule has 2 aromatic rings. The van der Waals surface area contributed by atoms with Gasteiger partial charge in [-0.3, -0.25) is 4.79 Å². The highest BCUT2D eigenvalue weighted by molar-refractivity contribution is 6.40. The van der Waals surface area contributed by atoms with Crippen molar-refractivity contribution < 1.29 is 4.79 Å². The van der Waals surface area contributed by atoms with Gasteiger partial charge in [-0.05, 0) is 12.1 Å². The Morgan fingerprint density at radius 1 is 1.23 bits per heavy atom. The average molecular weight is 214 g/mol. The standard InChI is InChI=1S/C9H5Cl2NO/c10-6-1-2-7(11)9-8(6)5(4-13)3-12-9/h1-4,12H. The Hall–Kier alpha value is -0.990. The van der Waals surface area contributed by atoms with Gasteiger partial charge in [0.1, 0.15) is 0 Å². The van der Waals surface area contributed by atoms with Crippen LogP contribution in [0, 0.1) is 0 Å². The number of benzene rings is 1. The van der Waals surface area contributed by atoms with Gasteiger partial charge in [0.2, 0.25) is 0 Å². The molecule has 13 heavy (non-hydrogen) atoms. The Kier molecular flexibility index (Phi) is 2.02. The SMILES string of the molecule is O=Cc1c[nH]c2c(Cl)ccc(Cl)c12. The fourth-order valence-corrected chi connectivity index (χ4v) is 1.77. The molecule has 4 heteroatoms. The number of aromatic amines is 1. The first-order valence-corrected chi connectivity index (χ1v) is 4.40. The molecule has 0 aliphatic rings. The van der Waals surface area contributed by atoms with Gasteiger partial charge in [-0.15, -0.1) is 0 Å². The van der Waals surface area contributed by atoms with E-state index in [1.165, 1.54) is 0 Å². The summed E-state index contributed by atoms with van der Waals surface area (Å²) in [7, 11) is 0. The molecule has 1 aromatic heterocycles. The molecular weight excluding hydrogens is 209 g/mol. The molecule has 0 amide bonds. The number of aromatic nitrogens is 1. The maximum atomic E-state index is 10.6. The lowest BCUT2D eigenvalue weighted by Gasteiger charge is -1.96. The minimum Gasteiger partial charge on any atom is -0.359 e. The number of halogens is 2. The van der Waals surface area contributed by atoms with Crippen LogP contribution < -0.4 is 0 Å². The Morgan fingerprint density at radius 3 is 2.62 bits per heavy atom. The number of fused-ring (bicyclic) bond motifs is 1. The van der Waals surface area contributed by atoms with Gasteiger partial charge in [0.25, 0.3) is 0 Å². The molecule has 2 rings (SSSR count). The molecule has 0 aliphatic carbocycles. The summed E-state index contributed by atoms with van der Waals surface area (Å²) in [6.07, 6.45) is 2.34. The van der Waals surface area contributed by atoms with Crippen molar-refractivity contribution in [3.05, 3.63) is 33.9 Å². The third kappa shape index (κ3) is 1.23. The maximum Gasteiger partial charge on any atom is 0.152 e. The van der Waals surface area contributed by atoms with Crippen molar-refractivity contribution >= 4 is 40.4 Å². The first-order valence-electron chi connectivity index (χ1n) is 3.64. The van der Waals surface area contributed by atoms with Crippen LogP contribution in [-0.4, -0.2) is 11.3 Å². The number of carbonyl (C=O) groups excluding carboxylic acids is 1. The van der Waals surface area contributed by atoms with E-state index >= 15 is 0 Å². The van der Waals surface area contributed by atoms with E-state index < -0.39 is 0 Å². The molecule has 0 fully saturated rings. The van der Waals surface area contributed by atoms with Gasteiger partial charge >= 0.3 is 0 Å². The van der Waals surface area contributed by atoms with Crippen LogP contribution in [0.3, 0.4) is 0 Å². The molecule has 0 unspecified atom stereocenters. The highest BCUT2D eigenvalue weighted by Gasteiger charge is 2.09. The third-order valence-corrected chi connectivity index (χ3v) is 2.52. The summed E-state index contributed by atoms with van der Waals surface area (Å²) < 4.78 is 0. The van der Waals surface area contributed by atoms with E-state index in [0.717, 1.165) is 6.29 Å². The van der Waals surface area contributed by atoms with Crippen LogP contribution in [0.15, 0.2) is 18.3 Å². The highest BCUT2D eigenvalue weighted by atomic mass is 35.5. The van der Waals surface area contributed by atoms with Crippen molar-refractivity contribution in [2.75, 3.05) is 0 Å². The molecule has 2 nitrogen and oxygen atoms in total. The fraction of sp³-hybridized carbons (Fsp3) is 0. The largest absolute Gasteiger partial charge is 0.359 e. The number of hydrogen-bond donors (Lipinski definition) is 1. The lowest BCUT2D eigenvalue weighted by molar-refractivity contribution is 0.112. The maximum absolute atomic E-state index is 10.6. The average Bonchev–Trinajstić information content (AvgIpc) is 2.56. The van der Waals surface area contributed by atoms with Crippen molar-refractivity contribution in [3.63, 3.8) is 0 Å². The molecule has 66 valence electrons. The number of hydrogen-bond acceptors (Lipinski definition) is 1. The molecular formula is C9H5Cl2NO. The number of nitrogens with one attached hydrogen (secondary N) is 1. The molecule has 1 aromatic carbocycles. The summed E-state index contributed by atoms with van der Waals surface area (Å²) in [5.74, 6) is 0. The predicted octanol–water partition coefficient (Wildman–Crippen LogP) is 3.29. The van der Waals surface area contributed by atoms with E-state index in [9.17, 15) is 4.79 Å². The van der Waals surface area contributed by atoms with Crippen molar-refractivity contribution in [3.8, 4) is 0 Å². The van der Waals surface area contributed by atoms with Gasteiger partial charge in [-0.25, -0.2) is 0 Å². The van der Waals surface area contributed by atoms with Gasteiger partial charge in [-0.1, -0.05) is 23.2 Å². The Bertz CT molecular complexity index is 476. The van der Waals surface area contributed by atoms with Crippen LogP contribution in [0.1, 0.15) is 10.4 Å². The van der Waals surface area contributed by atoms with E-state index in [1.54, 1.807) is 18.3 Å². The van der Waals surface area contributed by atoms with Gasteiger partial charge in [-0.2, -0.15) is 0 Å². The Morgan fingerprint density at radius 2 is 1.92 bits per heavy atom. The fourth-order valence-electron chi connectivity index (χ4n) is 1.29. The van der Waals surface area contributed by atoms with Crippen molar-refractivity contribution in [2.45, 2.75) is 0 Å². The van der Waals surface area contributed by atoms with Crippen molar-refractivity contribution in [1.82, 2.24) is 4.98 Å². The minimum atomic E-state index is 0.530. The zero-order chi connectivity index (χ0) is 9.42. The molecule has 0 bridgehead atoms. The number of aldehydes is 1. The summed E-state index contributed by atoms with van der Waals surface area (Å²) in [5.41, 5.74) is 1.23. The molecule has 0 atom stereocenters. The van der Waals surface area contributed by atoms with Crippen LogP contribution >= 0.6 is 23.2 Å². The van der Waals surface area contributed by atoms with Gasteiger partial charge in [0.05, 0.1) is 15.6 Å². The van der Waals surface area contributed by atoms with E-state index in [1.807, 2.05) is 0 Å². The zero-order valence-corrected chi connectivity index (χ0v) is 7.99. The number of H-pyrrole nitrogens is 1. The molecule has 0 aliphatic heterocycles. The van der Waals surface area contributed by atoms with Gasteiger partial charge < -0.3 is 4.98 Å². The highest BCUT2D eigenvalue weighted by Crippen LogP contribution is 2.30. The first kappa shape index (κ1) is 8.60. The minimum absolute atomic E-state index is 0.530. The molecule has 0 radical (unpaired) electrons. The van der Waals surface area contributed by atoms with Crippen LogP contribution in [0.4, 0.5) is 0 Å². The third-order valence-electron chi connectivity index (χ3n) is 1.89. The Labute approximate surface area is 84.5 Å². The predicted molar refractivity (Wildman–Crippen MR) is 53.7 cm³/mol. The molecule has 1 N–H and O–H groups in total. The quantitative estimate of drug-likeness (QED) is 0.725. The summed E-state index contributed by atoms with van der Waals surface area (Å²) in [5, 5.41) is 1.78. The van der Waals surface area contributed by atoms with Crippen LogP contribution in [-0.2, 0) is 0 Å². The van der Waals surface area contributed by atoms with Crippen molar-refractivity contribution in [2.24, 2.45) is 0 Å². The second-order valence-electron chi connectivity index (χ2n) is 2.64. The molecule has 0 saturated heterocycles. The smallest absolute Gasteiger partial charge is 0.152 e. The van der Waals surface area contributed by atoms with Gasteiger partial charge in [0.15, 0.2) is 6.29 Å². The van der Waals surface area contributed by atoms with E-state index in [4.69, 9.17) is 23.2 Å². The summed E-state index contributed by atoms with van der Waals surface area (Å²) in [4.78, 5) is 13.5. The van der Waals surface area contributed by atoms with Gasteiger partial charge in [0, 0.05) is 17.1 Å². The van der Waals surface area contributed by atoms with Crippen LogP contribution in [0.25, 0.3) is 10.9 Å². The topological polar surface area (TPSA) is 32.9 Å². The Balaban J connectivity index is 2.95. The van der Waals surface area contributed by atoms with E-state index in [2.05, 4.69) is 4.98 Å². The lowest BCUT2D eigenvalue weighted by Crippen LogP contribution is -1.76. The molecule has 0 saturated carbocycles. The lowest BCUT2D eigenvalue weighted by atomic mass is 10.2. The van der Waals surface area contributed by atoms with E-state index in [0.29, 0.717) is 26.5 Å². The van der Waals surface area contributed by atoms with Crippen molar-refractivity contribution in [1.29, 1.82) is 0 Å².